The van der Waals surface area contributed by atoms with Crippen LogP contribution in [0.2, 0.25) is 0 Å². The van der Waals surface area contributed by atoms with E-state index in [2.05, 4.69) is 20.5 Å². The third kappa shape index (κ3) is 3.17. The summed E-state index contributed by atoms with van der Waals surface area (Å²) < 4.78 is 2.50. The highest BCUT2D eigenvalue weighted by atomic mass is 16.3. The molecule has 128 valence electrons. The molecule has 0 aliphatic rings. The molecule has 0 aliphatic carbocycles. The number of hydrazone groups is 1. The summed E-state index contributed by atoms with van der Waals surface area (Å²) in [4.78, 5) is 41.6. The zero-order chi connectivity index (χ0) is 18.0. The normalized spacial score (nSPS) is 11.2. The van der Waals surface area contributed by atoms with Crippen molar-refractivity contribution in [3.63, 3.8) is 0 Å². The van der Waals surface area contributed by atoms with Crippen LogP contribution in [0.5, 0.6) is 5.75 Å². The average Bonchev–Trinajstić information content (AvgIpc) is 2.99. The van der Waals surface area contributed by atoms with Crippen molar-refractivity contribution < 1.29 is 9.90 Å². The molecule has 0 spiro atoms. The van der Waals surface area contributed by atoms with Gasteiger partial charge in [-0.05, 0) is 12.1 Å². The van der Waals surface area contributed by atoms with Gasteiger partial charge in [-0.25, -0.2) is 15.2 Å². The first-order valence-electron chi connectivity index (χ1n) is 7.21. The van der Waals surface area contributed by atoms with E-state index in [0.717, 1.165) is 0 Å². The Balaban J connectivity index is 1.77. The molecule has 10 nitrogen and oxygen atoms in total. The van der Waals surface area contributed by atoms with Gasteiger partial charge in [-0.3, -0.25) is 19.1 Å². The first-order valence-corrected chi connectivity index (χ1v) is 7.21. The summed E-state index contributed by atoms with van der Waals surface area (Å²) in [5.74, 6) is -0.465. The van der Waals surface area contributed by atoms with E-state index in [-0.39, 0.29) is 23.5 Å². The van der Waals surface area contributed by atoms with Gasteiger partial charge in [-0.15, -0.1) is 0 Å². The zero-order valence-corrected chi connectivity index (χ0v) is 13.1. The van der Waals surface area contributed by atoms with Gasteiger partial charge in [0, 0.05) is 12.6 Å². The molecule has 3 N–H and O–H groups in total. The van der Waals surface area contributed by atoms with Crippen molar-refractivity contribution in [1.82, 2.24) is 24.5 Å². The molecule has 0 aliphatic heterocycles. The van der Waals surface area contributed by atoms with Crippen LogP contribution in [-0.2, 0) is 18.4 Å². The van der Waals surface area contributed by atoms with Crippen LogP contribution in [0.15, 0.2) is 45.3 Å². The molecule has 0 unspecified atom stereocenters. The summed E-state index contributed by atoms with van der Waals surface area (Å²) in [6, 6.07) is 6.52. The number of rotatable bonds is 4. The SMILES string of the molecule is Cn1c(=O)[nH]c(=O)c2c1ncn2CC(=O)NN=Cc1ccccc1O. The molecule has 0 radical (unpaired) electrons. The number of phenols is 1. The molecule has 1 amide bonds. The highest BCUT2D eigenvalue weighted by Gasteiger charge is 2.13. The molecule has 2 aromatic heterocycles. The third-order valence-corrected chi connectivity index (χ3v) is 3.52. The lowest BCUT2D eigenvalue weighted by atomic mass is 10.2. The summed E-state index contributed by atoms with van der Waals surface area (Å²) in [6.45, 7) is -0.212. The lowest BCUT2D eigenvalue weighted by Gasteiger charge is -2.03. The first kappa shape index (κ1) is 16.2. The number of amides is 1. The largest absolute Gasteiger partial charge is 0.507 e. The minimum Gasteiger partial charge on any atom is -0.507 e. The fourth-order valence-electron chi connectivity index (χ4n) is 2.27. The Morgan fingerprint density at radius 3 is 2.92 bits per heavy atom. The molecule has 2 heterocycles. The van der Waals surface area contributed by atoms with Crippen molar-refractivity contribution >= 4 is 23.3 Å². The minimum absolute atomic E-state index is 0.0357. The number of nitrogens with one attached hydrogen (secondary N) is 2. The maximum atomic E-state index is 12.0. The quantitative estimate of drug-likeness (QED) is 0.425. The van der Waals surface area contributed by atoms with Crippen molar-refractivity contribution in [1.29, 1.82) is 0 Å². The number of aromatic nitrogens is 4. The lowest BCUT2D eigenvalue weighted by molar-refractivity contribution is -0.121. The topological polar surface area (TPSA) is 134 Å². The molecule has 25 heavy (non-hydrogen) atoms. The Bertz CT molecular complexity index is 1090. The summed E-state index contributed by atoms with van der Waals surface area (Å²) in [5.41, 5.74) is 1.83. The van der Waals surface area contributed by atoms with Gasteiger partial charge in [-0.1, -0.05) is 12.1 Å². The van der Waals surface area contributed by atoms with Crippen LogP contribution in [0, 0.1) is 0 Å². The van der Waals surface area contributed by atoms with Gasteiger partial charge in [0.1, 0.15) is 12.3 Å². The number of aromatic hydroxyl groups is 1. The number of fused-ring (bicyclic) bond motifs is 1. The molecule has 3 aromatic rings. The van der Waals surface area contributed by atoms with Crippen molar-refractivity contribution in [2.45, 2.75) is 6.54 Å². The summed E-state index contributed by atoms with van der Waals surface area (Å²) in [6.07, 6.45) is 2.60. The van der Waals surface area contributed by atoms with E-state index in [9.17, 15) is 19.5 Å². The first-order chi connectivity index (χ1) is 12.0. The summed E-state index contributed by atoms with van der Waals surface area (Å²) >= 11 is 0. The van der Waals surface area contributed by atoms with Gasteiger partial charge in [0.2, 0.25) is 0 Å². The van der Waals surface area contributed by atoms with E-state index in [4.69, 9.17) is 0 Å². The van der Waals surface area contributed by atoms with Crippen LogP contribution in [0.4, 0.5) is 0 Å². The monoisotopic (exact) mass is 342 g/mol. The van der Waals surface area contributed by atoms with Gasteiger partial charge < -0.3 is 9.67 Å². The number of aryl methyl sites for hydroxylation is 1. The number of imidazole rings is 1. The Hall–Kier alpha value is -3.69. The number of carbonyl (C=O) groups is 1. The van der Waals surface area contributed by atoms with Gasteiger partial charge >= 0.3 is 5.69 Å². The molecule has 0 atom stereocenters. The van der Waals surface area contributed by atoms with Crippen LogP contribution < -0.4 is 16.7 Å². The Labute approximate surface area is 140 Å². The molecule has 3 rings (SSSR count). The van der Waals surface area contributed by atoms with E-state index in [1.54, 1.807) is 18.2 Å². The van der Waals surface area contributed by atoms with E-state index in [1.165, 1.54) is 34.8 Å². The van der Waals surface area contributed by atoms with E-state index >= 15 is 0 Å². The van der Waals surface area contributed by atoms with Crippen molar-refractivity contribution in [2.75, 3.05) is 0 Å². The second-order valence-corrected chi connectivity index (χ2v) is 5.21. The molecule has 0 saturated carbocycles. The van der Waals surface area contributed by atoms with Crippen molar-refractivity contribution in [2.24, 2.45) is 12.1 Å². The molecule has 0 fully saturated rings. The van der Waals surface area contributed by atoms with Crippen LogP contribution >= 0.6 is 0 Å². The average molecular weight is 342 g/mol. The Kier molecular flexibility index (Phi) is 4.16. The number of hydrogen-bond donors (Lipinski definition) is 3. The number of nitrogens with zero attached hydrogens (tertiary/aromatic N) is 4. The van der Waals surface area contributed by atoms with Crippen molar-refractivity contribution in [3.8, 4) is 5.75 Å². The van der Waals surface area contributed by atoms with E-state index in [1.807, 2.05) is 0 Å². The molecular formula is C15H14N6O4. The number of benzene rings is 1. The summed E-state index contributed by atoms with van der Waals surface area (Å²) in [5, 5.41) is 13.4. The molecule has 0 saturated heterocycles. The number of H-pyrrole nitrogens is 1. The van der Waals surface area contributed by atoms with Gasteiger partial charge in [0.05, 0.1) is 12.5 Å². The fourth-order valence-corrected chi connectivity index (χ4v) is 2.27. The molecular weight excluding hydrogens is 328 g/mol. The smallest absolute Gasteiger partial charge is 0.329 e. The number of para-hydroxylation sites is 1. The van der Waals surface area contributed by atoms with Gasteiger partial charge in [0.15, 0.2) is 11.2 Å². The number of phenolic OH excluding ortho intramolecular Hbond substituents is 1. The maximum absolute atomic E-state index is 12.0. The number of aromatic amines is 1. The predicted molar refractivity (Wildman–Crippen MR) is 89.4 cm³/mol. The Morgan fingerprint density at radius 1 is 1.40 bits per heavy atom. The predicted octanol–water partition coefficient (Wildman–Crippen LogP) is -0.721. The van der Waals surface area contributed by atoms with E-state index in [0.29, 0.717) is 5.56 Å². The maximum Gasteiger partial charge on any atom is 0.329 e. The fraction of sp³-hybridized carbons (Fsp3) is 0.133. The van der Waals surface area contributed by atoms with E-state index < -0.39 is 17.2 Å². The molecule has 0 bridgehead atoms. The minimum atomic E-state index is -0.624. The van der Waals surface area contributed by atoms with Gasteiger partial charge in [0.25, 0.3) is 11.5 Å². The lowest BCUT2D eigenvalue weighted by Crippen LogP contribution is -2.30. The van der Waals surface area contributed by atoms with Crippen molar-refractivity contribution in [3.05, 3.63) is 57.0 Å². The standard InChI is InChI=1S/C15H14N6O4/c1-20-13-12(14(24)18-15(20)25)21(8-16-13)7-11(23)19-17-6-9-4-2-3-5-10(9)22/h2-6,8,22H,7H2,1H3,(H,19,23)(H,18,24,25). The second kappa shape index (κ2) is 6.43. The third-order valence-electron chi connectivity index (χ3n) is 3.52. The zero-order valence-electron chi connectivity index (χ0n) is 13.1. The highest BCUT2D eigenvalue weighted by Crippen LogP contribution is 2.12. The second-order valence-electron chi connectivity index (χ2n) is 5.21. The molecule has 10 heteroatoms. The summed E-state index contributed by atoms with van der Waals surface area (Å²) in [7, 11) is 1.47. The highest BCUT2D eigenvalue weighted by molar-refractivity contribution is 5.85. The van der Waals surface area contributed by atoms with Crippen LogP contribution in [0.1, 0.15) is 5.56 Å². The van der Waals surface area contributed by atoms with Crippen LogP contribution in [-0.4, -0.2) is 36.3 Å². The van der Waals surface area contributed by atoms with Crippen LogP contribution in [0.25, 0.3) is 11.2 Å². The Morgan fingerprint density at radius 2 is 2.16 bits per heavy atom. The number of hydrogen-bond acceptors (Lipinski definition) is 6. The number of carbonyl (C=O) groups excluding carboxylic acids is 1. The molecule has 1 aromatic carbocycles. The van der Waals surface area contributed by atoms with Crippen LogP contribution in [0.3, 0.4) is 0 Å². The van der Waals surface area contributed by atoms with Gasteiger partial charge in [-0.2, -0.15) is 5.10 Å².